The first-order valence-corrected chi connectivity index (χ1v) is 12.0. The van der Waals surface area contributed by atoms with Gasteiger partial charge in [-0.3, -0.25) is 4.79 Å². The summed E-state index contributed by atoms with van der Waals surface area (Å²) < 4.78 is 16.2. The van der Waals surface area contributed by atoms with Crippen molar-refractivity contribution in [2.75, 3.05) is 30.8 Å². The van der Waals surface area contributed by atoms with Crippen LogP contribution in [0.2, 0.25) is 0 Å². The van der Waals surface area contributed by atoms with Gasteiger partial charge in [-0.2, -0.15) is 4.40 Å². The van der Waals surface area contributed by atoms with Crippen LogP contribution in [0.3, 0.4) is 0 Å². The minimum Gasteiger partial charge on any atom is -0.341 e. The van der Waals surface area contributed by atoms with Gasteiger partial charge >= 0.3 is 0 Å². The van der Waals surface area contributed by atoms with Crippen LogP contribution in [0.25, 0.3) is 0 Å². The summed E-state index contributed by atoms with van der Waals surface area (Å²) in [6.07, 6.45) is 7.60. The van der Waals surface area contributed by atoms with Gasteiger partial charge in [0.2, 0.25) is 5.91 Å². The van der Waals surface area contributed by atoms with Gasteiger partial charge in [-0.25, -0.2) is 4.21 Å². The van der Waals surface area contributed by atoms with Gasteiger partial charge in [-0.1, -0.05) is 32.2 Å². The number of carbonyl (C=O) groups excluding carboxylic acids is 1. The number of rotatable bonds is 4. The van der Waals surface area contributed by atoms with Gasteiger partial charge in [0.15, 0.2) is 16.2 Å². The Morgan fingerprint density at radius 2 is 1.89 bits per heavy atom. The number of anilines is 1. The molecule has 6 nitrogen and oxygen atoms in total. The number of amidine groups is 1. The second-order valence-electron chi connectivity index (χ2n) is 5.80. The van der Waals surface area contributed by atoms with Gasteiger partial charge in [0.05, 0.1) is 4.90 Å². The van der Waals surface area contributed by atoms with Crippen molar-refractivity contribution in [3.8, 4) is 0 Å². The molecular formula is C20H32N4O2S2. The quantitative estimate of drug-likeness (QED) is 0.570. The van der Waals surface area contributed by atoms with E-state index in [1.165, 1.54) is 43.9 Å². The number of nitrogens with zero attached hydrogens (tertiary/aromatic N) is 2. The lowest BCUT2D eigenvalue weighted by atomic mass is 10.3. The number of amides is 1. The molecule has 0 aliphatic carbocycles. The van der Waals surface area contributed by atoms with Crippen LogP contribution in [0.4, 0.5) is 5.69 Å². The third-order valence-electron chi connectivity index (χ3n) is 3.97. The van der Waals surface area contributed by atoms with Crippen LogP contribution >= 0.6 is 11.8 Å². The van der Waals surface area contributed by atoms with E-state index in [9.17, 15) is 9.00 Å². The molecule has 8 heteroatoms. The summed E-state index contributed by atoms with van der Waals surface area (Å²) >= 11 is 1.36. The van der Waals surface area contributed by atoms with Gasteiger partial charge < -0.3 is 15.5 Å². The van der Waals surface area contributed by atoms with E-state index in [2.05, 4.69) is 21.6 Å². The standard InChI is InChI=1S/C14H17N3O2S2.C4H9N.C2H6/c1-3-15-14(20-2)16-21(19)12-8-6-11(7-9-12)17-10-4-5-13(17)18;1-2-4-5-3-1;1-2/h3,6-9H,1,4-5,10H2,2H3,(H,15,16);5H,1-4H2;1-2H3. The van der Waals surface area contributed by atoms with Gasteiger partial charge in [0.1, 0.15) is 0 Å². The number of benzene rings is 1. The van der Waals surface area contributed by atoms with Crippen molar-refractivity contribution in [3.63, 3.8) is 0 Å². The Morgan fingerprint density at radius 3 is 2.32 bits per heavy atom. The molecule has 1 amide bonds. The average Bonchev–Trinajstić information content (AvgIpc) is 3.44. The van der Waals surface area contributed by atoms with Crippen LogP contribution in [-0.4, -0.2) is 41.2 Å². The molecule has 1 atom stereocenters. The molecule has 2 fully saturated rings. The van der Waals surface area contributed by atoms with E-state index in [4.69, 9.17) is 0 Å². The van der Waals surface area contributed by atoms with Crippen molar-refractivity contribution in [3.05, 3.63) is 37.0 Å². The zero-order valence-corrected chi connectivity index (χ0v) is 18.7. The minimum atomic E-state index is -1.48. The lowest BCUT2D eigenvalue weighted by molar-refractivity contribution is -0.117. The summed E-state index contributed by atoms with van der Waals surface area (Å²) in [5.74, 6) is 0.141. The summed E-state index contributed by atoms with van der Waals surface area (Å²) in [5.41, 5.74) is 0.844. The lowest BCUT2D eigenvalue weighted by Crippen LogP contribution is -2.23. The van der Waals surface area contributed by atoms with Crippen molar-refractivity contribution < 1.29 is 9.00 Å². The van der Waals surface area contributed by atoms with E-state index >= 15 is 0 Å². The summed E-state index contributed by atoms with van der Waals surface area (Å²) in [4.78, 5) is 14.0. The maximum atomic E-state index is 12.1. The lowest BCUT2D eigenvalue weighted by Gasteiger charge is -2.15. The number of carbonyl (C=O) groups is 1. The zero-order valence-electron chi connectivity index (χ0n) is 17.1. The number of hydrogen-bond donors (Lipinski definition) is 2. The fourth-order valence-electron chi connectivity index (χ4n) is 2.63. The molecule has 0 aromatic heterocycles. The Hall–Kier alpha value is -1.64. The molecule has 1 aromatic carbocycles. The van der Waals surface area contributed by atoms with Crippen molar-refractivity contribution in [1.82, 2.24) is 10.6 Å². The molecule has 2 aliphatic rings. The molecular weight excluding hydrogens is 392 g/mol. The smallest absolute Gasteiger partial charge is 0.227 e. The van der Waals surface area contributed by atoms with E-state index in [1.807, 2.05) is 32.2 Å². The normalized spacial score (nSPS) is 17.2. The molecule has 1 unspecified atom stereocenters. The molecule has 2 aliphatic heterocycles. The van der Waals surface area contributed by atoms with E-state index in [0.29, 0.717) is 16.5 Å². The first-order chi connectivity index (χ1) is 13.7. The van der Waals surface area contributed by atoms with Crippen LogP contribution in [-0.2, 0) is 15.8 Å². The summed E-state index contributed by atoms with van der Waals surface area (Å²) in [7, 11) is -1.48. The number of thioether (sulfide) groups is 1. The second-order valence-corrected chi connectivity index (χ2v) is 7.75. The van der Waals surface area contributed by atoms with E-state index in [-0.39, 0.29) is 5.91 Å². The highest BCUT2D eigenvalue weighted by molar-refractivity contribution is 8.13. The zero-order chi connectivity index (χ0) is 20.8. The molecule has 3 rings (SSSR count). The number of hydrogen-bond acceptors (Lipinski definition) is 4. The fraction of sp³-hybridized carbons (Fsp3) is 0.500. The Labute approximate surface area is 175 Å². The topological polar surface area (TPSA) is 73.8 Å². The molecule has 0 bridgehead atoms. The van der Waals surface area contributed by atoms with E-state index < -0.39 is 11.0 Å². The molecule has 1 aromatic rings. The Balaban J connectivity index is 0.000000476. The highest BCUT2D eigenvalue weighted by atomic mass is 32.2. The summed E-state index contributed by atoms with van der Waals surface area (Å²) in [5, 5.41) is 6.59. The van der Waals surface area contributed by atoms with Gasteiger partial charge in [-0.15, -0.1) is 0 Å². The SMILES string of the molecule is C1CCNC1.C=CN/C(=N/S(=O)c1ccc(N2CCCC2=O)cc1)SC.CC. The molecule has 0 radical (unpaired) electrons. The van der Waals surface area contributed by atoms with Gasteiger partial charge in [0, 0.05) is 18.7 Å². The number of nitrogens with one attached hydrogen (secondary N) is 2. The summed E-state index contributed by atoms with van der Waals surface area (Å²) in [6.45, 7) is 10.8. The predicted octanol–water partition coefficient (Wildman–Crippen LogP) is 3.68. The Bertz CT molecular complexity index is 651. The molecule has 2 N–H and O–H groups in total. The van der Waals surface area contributed by atoms with Crippen LogP contribution in [0.15, 0.2) is 46.3 Å². The fourth-order valence-corrected chi connectivity index (χ4v) is 4.01. The van der Waals surface area contributed by atoms with Crippen LogP contribution in [0, 0.1) is 0 Å². The van der Waals surface area contributed by atoms with E-state index in [1.54, 1.807) is 17.0 Å². The van der Waals surface area contributed by atoms with E-state index in [0.717, 1.165) is 18.7 Å². The Morgan fingerprint density at radius 1 is 1.25 bits per heavy atom. The van der Waals surface area contributed by atoms with Crippen LogP contribution in [0.5, 0.6) is 0 Å². The predicted molar refractivity (Wildman–Crippen MR) is 122 cm³/mol. The minimum absolute atomic E-state index is 0.141. The molecule has 0 saturated carbocycles. The Kier molecular flexibility index (Phi) is 12.5. The van der Waals surface area contributed by atoms with Crippen molar-refractivity contribution in [1.29, 1.82) is 0 Å². The average molecular weight is 425 g/mol. The van der Waals surface area contributed by atoms with Crippen molar-refractivity contribution in [2.24, 2.45) is 4.40 Å². The van der Waals surface area contributed by atoms with Gasteiger partial charge in [-0.05, 0) is 69.1 Å². The molecule has 156 valence electrons. The van der Waals surface area contributed by atoms with Crippen LogP contribution < -0.4 is 15.5 Å². The first-order valence-electron chi connectivity index (χ1n) is 9.69. The van der Waals surface area contributed by atoms with Crippen LogP contribution in [0.1, 0.15) is 39.5 Å². The summed E-state index contributed by atoms with van der Waals surface area (Å²) in [6, 6.07) is 7.11. The third-order valence-corrected chi connectivity index (χ3v) is 5.70. The highest BCUT2D eigenvalue weighted by Crippen LogP contribution is 2.22. The molecule has 28 heavy (non-hydrogen) atoms. The van der Waals surface area contributed by atoms with Crippen molar-refractivity contribution in [2.45, 2.75) is 44.4 Å². The maximum Gasteiger partial charge on any atom is 0.227 e. The molecule has 0 spiro atoms. The van der Waals surface area contributed by atoms with Crippen molar-refractivity contribution >= 4 is 39.5 Å². The largest absolute Gasteiger partial charge is 0.341 e. The molecule has 2 heterocycles. The van der Waals surface area contributed by atoms with Gasteiger partial charge in [0.25, 0.3) is 0 Å². The molecule has 2 saturated heterocycles. The maximum absolute atomic E-state index is 12.1. The third kappa shape index (κ3) is 8.16. The monoisotopic (exact) mass is 424 g/mol. The first kappa shape index (κ1) is 24.4. The second kappa shape index (κ2) is 14.4. The highest BCUT2D eigenvalue weighted by Gasteiger charge is 2.21.